The number of hydrogen-bond donors (Lipinski definition) is 2. The van der Waals surface area contributed by atoms with Gasteiger partial charge in [0.15, 0.2) is 5.82 Å². The summed E-state index contributed by atoms with van der Waals surface area (Å²) in [7, 11) is 0. The fraction of sp³-hybridized carbons (Fsp3) is 0.667. The standard InChI is InChI=1S/C21H34N6/c1-14(2)15-10-12-16(13-11-15)19(23-18-9-7-6-8-17(18)22)20-24-25-26-27(20)21(3,4)5/h10-14,17-19,23H,6-9,22H2,1-5H3. The number of nitrogens with one attached hydrogen (secondary N) is 1. The Morgan fingerprint density at radius 2 is 1.70 bits per heavy atom. The third kappa shape index (κ3) is 4.55. The van der Waals surface area contributed by atoms with Crippen LogP contribution >= 0.6 is 0 Å². The Balaban J connectivity index is 1.97. The van der Waals surface area contributed by atoms with Crippen LogP contribution in [0.1, 0.15) is 89.2 Å². The molecule has 0 amide bonds. The molecule has 1 fully saturated rings. The van der Waals surface area contributed by atoms with E-state index in [1.165, 1.54) is 24.0 Å². The lowest BCUT2D eigenvalue weighted by Gasteiger charge is -2.34. The van der Waals surface area contributed by atoms with Crippen molar-refractivity contribution in [1.82, 2.24) is 25.5 Å². The molecule has 6 nitrogen and oxygen atoms in total. The Morgan fingerprint density at radius 3 is 2.30 bits per heavy atom. The Morgan fingerprint density at radius 1 is 1.07 bits per heavy atom. The van der Waals surface area contributed by atoms with Crippen LogP contribution < -0.4 is 11.1 Å². The molecule has 0 saturated heterocycles. The van der Waals surface area contributed by atoms with Crippen molar-refractivity contribution in [3.63, 3.8) is 0 Å². The van der Waals surface area contributed by atoms with E-state index >= 15 is 0 Å². The highest BCUT2D eigenvalue weighted by molar-refractivity contribution is 5.30. The molecule has 148 valence electrons. The second kappa shape index (κ2) is 8.07. The minimum Gasteiger partial charge on any atom is -0.326 e. The molecule has 0 aliphatic heterocycles. The minimum absolute atomic E-state index is 0.0745. The molecule has 1 aromatic carbocycles. The normalized spacial score (nSPS) is 22.2. The van der Waals surface area contributed by atoms with Crippen LogP contribution in [0.15, 0.2) is 24.3 Å². The predicted molar refractivity (Wildman–Crippen MR) is 109 cm³/mol. The van der Waals surface area contributed by atoms with Crippen LogP contribution in [0.4, 0.5) is 0 Å². The van der Waals surface area contributed by atoms with Crippen LogP contribution in [-0.4, -0.2) is 32.3 Å². The summed E-state index contributed by atoms with van der Waals surface area (Å²) in [4.78, 5) is 0. The van der Waals surface area contributed by atoms with Gasteiger partial charge in [-0.2, -0.15) is 0 Å². The Kier molecular flexibility index (Phi) is 5.96. The number of hydrogen-bond acceptors (Lipinski definition) is 5. The van der Waals surface area contributed by atoms with Crippen molar-refractivity contribution >= 4 is 0 Å². The number of benzene rings is 1. The summed E-state index contributed by atoms with van der Waals surface area (Å²) < 4.78 is 1.93. The third-order valence-electron chi connectivity index (χ3n) is 5.52. The lowest BCUT2D eigenvalue weighted by atomic mass is 9.89. The van der Waals surface area contributed by atoms with Gasteiger partial charge in [-0.15, -0.1) is 5.10 Å². The molecule has 0 bridgehead atoms. The monoisotopic (exact) mass is 370 g/mol. The van der Waals surface area contributed by atoms with Gasteiger partial charge in [0, 0.05) is 12.1 Å². The summed E-state index contributed by atoms with van der Waals surface area (Å²) in [6, 6.07) is 9.19. The van der Waals surface area contributed by atoms with E-state index in [2.05, 4.69) is 79.7 Å². The van der Waals surface area contributed by atoms with E-state index in [-0.39, 0.29) is 23.7 Å². The Hall–Kier alpha value is -1.79. The zero-order valence-corrected chi connectivity index (χ0v) is 17.3. The van der Waals surface area contributed by atoms with E-state index in [0.717, 1.165) is 18.7 Å². The zero-order chi connectivity index (χ0) is 19.6. The molecule has 1 heterocycles. The average Bonchev–Trinajstić information content (AvgIpc) is 3.11. The first kappa shape index (κ1) is 20.0. The highest BCUT2D eigenvalue weighted by Gasteiger charge is 2.31. The van der Waals surface area contributed by atoms with Gasteiger partial charge in [-0.05, 0) is 61.1 Å². The molecule has 3 rings (SSSR count). The maximum absolute atomic E-state index is 6.43. The molecule has 0 radical (unpaired) electrons. The second-order valence-corrected chi connectivity index (χ2v) is 9.10. The van der Waals surface area contributed by atoms with Crippen molar-refractivity contribution in [2.24, 2.45) is 5.73 Å². The van der Waals surface area contributed by atoms with Crippen LogP contribution in [0.25, 0.3) is 0 Å². The number of aromatic nitrogens is 4. The van der Waals surface area contributed by atoms with Crippen molar-refractivity contribution in [2.75, 3.05) is 0 Å². The second-order valence-electron chi connectivity index (χ2n) is 9.10. The number of nitrogens with two attached hydrogens (primary N) is 1. The van der Waals surface area contributed by atoms with Gasteiger partial charge in [0.2, 0.25) is 0 Å². The molecular formula is C21H34N6. The van der Waals surface area contributed by atoms with Gasteiger partial charge in [-0.1, -0.05) is 51.0 Å². The van der Waals surface area contributed by atoms with Gasteiger partial charge >= 0.3 is 0 Å². The van der Waals surface area contributed by atoms with Gasteiger partial charge in [0.25, 0.3) is 0 Å². The summed E-state index contributed by atoms with van der Waals surface area (Å²) in [6.07, 6.45) is 4.60. The van der Waals surface area contributed by atoms with Crippen LogP contribution in [0.3, 0.4) is 0 Å². The van der Waals surface area contributed by atoms with Gasteiger partial charge in [0.1, 0.15) is 0 Å². The van der Waals surface area contributed by atoms with Crippen LogP contribution in [0.5, 0.6) is 0 Å². The van der Waals surface area contributed by atoms with Crippen molar-refractivity contribution in [3.05, 3.63) is 41.2 Å². The first-order chi connectivity index (χ1) is 12.8. The largest absolute Gasteiger partial charge is 0.326 e. The summed E-state index contributed by atoms with van der Waals surface area (Å²) in [5.41, 5.74) is 8.75. The van der Waals surface area contributed by atoms with E-state index in [4.69, 9.17) is 5.73 Å². The number of nitrogens with zero attached hydrogens (tertiary/aromatic N) is 4. The molecule has 1 aliphatic rings. The van der Waals surface area contributed by atoms with Gasteiger partial charge < -0.3 is 5.73 Å². The molecule has 3 unspecified atom stereocenters. The van der Waals surface area contributed by atoms with Gasteiger partial charge in [0.05, 0.1) is 11.6 Å². The van der Waals surface area contributed by atoms with Gasteiger partial charge in [-0.25, -0.2) is 4.68 Å². The Bertz CT molecular complexity index is 728. The summed E-state index contributed by atoms with van der Waals surface area (Å²) in [5, 5.41) is 16.5. The molecule has 1 aromatic heterocycles. The smallest absolute Gasteiger partial charge is 0.173 e. The van der Waals surface area contributed by atoms with E-state index in [0.29, 0.717) is 5.92 Å². The molecule has 27 heavy (non-hydrogen) atoms. The van der Waals surface area contributed by atoms with Crippen molar-refractivity contribution in [3.8, 4) is 0 Å². The van der Waals surface area contributed by atoms with Crippen LogP contribution in [-0.2, 0) is 5.54 Å². The Labute approximate surface area is 162 Å². The van der Waals surface area contributed by atoms with Crippen LogP contribution in [0.2, 0.25) is 0 Å². The lowest BCUT2D eigenvalue weighted by Crippen LogP contribution is -2.49. The van der Waals surface area contributed by atoms with Crippen molar-refractivity contribution < 1.29 is 0 Å². The maximum atomic E-state index is 6.43. The van der Waals surface area contributed by atoms with Crippen molar-refractivity contribution in [1.29, 1.82) is 0 Å². The summed E-state index contributed by atoms with van der Waals surface area (Å²) in [6.45, 7) is 10.8. The van der Waals surface area contributed by atoms with E-state index < -0.39 is 0 Å². The molecule has 1 aliphatic carbocycles. The molecule has 1 saturated carbocycles. The van der Waals surface area contributed by atoms with E-state index in [9.17, 15) is 0 Å². The summed E-state index contributed by atoms with van der Waals surface area (Å²) >= 11 is 0. The quantitative estimate of drug-likeness (QED) is 0.842. The topological polar surface area (TPSA) is 81.7 Å². The minimum atomic E-state index is -0.189. The fourth-order valence-electron chi connectivity index (χ4n) is 3.83. The molecule has 2 aromatic rings. The summed E-state index contributed by atoms with van der Waals surface area (Å²) in [5.74, 6) is 1.36. The third-order valence-corrected chi connectivity index (χ3v) is 5.52. The maximum Gasteiger partial charge on any atom is 0.173 e. The highest BCUT2D eigenvalue weighted by atomic mass is 15.6. The van der Waals surface area contributed by atoms with E-state index in [1.54, 1.807) is 0 Å². The zero-order valence-electron chi connectivity index (χ0n) is 17.3. The molecular weight excluding hydrogens is 336 g/mol. The highest BCUT2D eigenvalue weighted by Crippen LogP contribution is 2.28. The van der Waals surface area contributed by atoms with E-state index in [1.807, 2.05) is 4.68 Å². The fourth-order valence-corrected chi connectivity index (χ4v) is 3.83. The molecule has 0 spiro atoms. The SMILES string of the molecule is CC(C)c1ccc(C(NC2CCCCC2N)c2nnnn2C(C)(C)C)cc1. The molecule has 6 heteroatoms. The lowest BCUT2D eigenvalue weighted by molar-refractivity contribution is 0.287. The number of tetrazole rings is 1. The van der Waals surface area contributed by atoms with Crippen molar-refractivity contribution in [2.45, 2.75) is 89.9 Å². The first-order valence-corrected chi connectivity index (χ1v) is 10.2. The molecule has 3 N–H and O–H groups in total. The van der Waals surface area contributed by atoms with Gasteiger partial charge in [-0.3, -0.25) is 5.32 Å². The number of rotatable bonds is 5. The average molecular weight is 371 g/mol. The molecule has 3 atom stereocenters. The first-order valence-electron chi connectivity index (χ1n) is 10.2. The predicted octanol–water partition coefficient (Wildman–Crippen LogP) is 3.50. The van der Waals surface area contributed by atoms with Crippen LogP contribution in [0, 0.1) is 0 Å².